The number of thioether (sulfide) groups is 2. The SMILES string of the molecule is N#CC1=C(SCCSC2=C(C#N)C3(CCCC3)[C@@H](C#N)C(=O)N2)NC(=O)[C@H](C#N)C12CCCC2. The molecule has 10 heteroatoms. The highest BCUT2D eigenvalue weighted by Crippen LogP contribution is 2.54. The predicted molar refractivity (Wildman–Crippen MR) is 126 cm³/mol. The van der Waals surface area contributed by atoms with Gasteiger partial charge in [0.25, 0.3) is 0 Å². The van der Waals surface area contributed by atoms with Crippen LogP contribution in [0.3, 0.4) is 0 Å². The summed E-state index contributed by atoms with van der Waals surface area (Å²) in [6.07, 6.45) is 6.20. The Morgan fingerprint density at radius 3 is 1.35 bits per heavy atom. The van der Waals surface area contributed by atoms with E-state index >= 15 is 0 Å². The van der Waals surface area contributed by atoms with E-state index < -0.39 is 22.7 Å². The Labute approximate surface area is 207 Å². The van der Waals surface area contributed by atoms with Crippen LogP contribution in [0.25, 0.3) is 0 Å². The lowest BCUT2D eigenvalue weighted by Gasteiger charge is -2.38. The number of hydrogen-bond donors (Lipinski definition) is 2. The topological polar surface area (TPSA) is 153 Å². The van der Waals surface area contributed by atoms with E-state index in [-0.39, 0.29) is 11.8 Å². The molecule has 2 heterocycles. The Balaban J connectivity index is 1.51. The van der Waals surface area contributed by atoms with Crippen LogP contribution in [0.5, 0.6) is 0 Å². The Bertz CT molecular complexity index is 1040. The molecule has 34 heavy (non-hydrogen) atoms. The summed E-state index contributed by atoms with van der Waals surface area (Å²) in [5.74, 6) is -1.33. The first-order valence-electron chi connectivity index (χ1n) is 11.4. The van der Waals surface area contributed by atoms with Gasteiger partial charge in [0, 0.05) is 22.3 Å². The van der Waals surface area contributed by atoms with Crippen molar-refractivity contribution in [3.8, 4) is 24.3 Å². The Hall–Kier alpha value is -2.92. The van der Waals surface area contributed by atoms with Gasteiger partial charge >= 0.3 is 0 Å². The number of nitriles is 4. The standard InChI is InChI=1S/C24H24N6O2S2/c25-11-15-19(31)29-21(17(13-27)23(15)5-1-2-6-23)33-9-10-34-22-18(14-28)24(7-3-4-8-24)16(12-26)20(32)30-22/h15-16H,1-10H2,(H,29,31)(H,30,32)/t15-,16-/m0/s1. The molecule has 4 rings (SSSR count). The van der Waals surface area contributed by atoms with Gasteiger partial charge in [-0.05, 0) is 25.7 Å². The van der Waals surface area contributed by atoms with Crippen molar-refractivity contribution in [3.63, 3.8) is 0 Å². The minimum absolute atomic E-state index is 0.349. The van der Waals surface area contributed by atoms with Crippen LogP contribution in [0.15, 0.2) is 21.2 Å². The van der Waals surface area contributed by atoms with E-state index in [1.807, 2.05) is 0 Å². The van der Waals surface area contributed by atoms with Gasteiger partial charge in [-0.2, -0.15) is 21.0 Å². The lowest BCUT2D eigenvalue weighted by molar-refractivity contribution is -0.126. The first-order chi connectivity index (χ1) is 16.5. The normalized spacial score (nSPS) is 27.1. The summed E-state index contributed by atoms with van der Waals surface area (Å²) in [6.45, 7) is 0. The number of nitrogens with zero attached hydrogens (tertiary/aromatic N) is 4. The Kier molecular flexibility index (Phi) is 6.94. The van der Waals surface area contributed by atoms with Crippen molar-refractivity contribution >= 4 is 35.3 Å². The second kappa shape index (κ2) is 9.75. The summed E-state index contributed by atoms with van der Waals surface area (Å²) in [6, 6.07) is 8.79. The Morgan fingerprint density at radius 2 is 1.06 bits per heavy atom. The van der Waals surface area contributed by atoms with Gasteiger partial charge in [-0.25, -0.2) is 0 Å². The fourth-order valence-corrected chi connectivity index (χ4v) is 8.22. The summed E-state index contributed by atoms with van der Waals surface area (Å²) in [4.78, 5) is 25.3. The van der Waals surface area contributed by atoms with Crippen molar-refractivity contribution < 1.29 is 9.59 Å². The molecule has 0 radical (unpaired) electrons. The van der Waals surface area contributed by atoms with Gasteiger partial charge in [0.15, 0.2) is 0 Å². The number of rotatable bonds is 5. The van der Waals surface area contributed by atoms with Crippen molar-refractivity contribution in [1.29, 1.82) is 21.0 Å². The lowest BCUT2D eigenvalue weighted by Crippen LogP contribution is -2.46. The summed E-state index contributed by atoms with van der Waals surface area (Å²) in [5, 5.41) is 45.6. The molecule has 2 atom stereocenters. The van der Waals surface area contributed by atoms with E-state index in [1.54, 1.807) is 0 Å². The third kappa shape index (κ3) is 3.76. The molecule has 0 bridgehead atoms. The molecule has 2 N–H and O–H groups in total. The van der Waals surface area contributed by atoms with Gasteiger partial charge in [0.1, 0.15) is 11.8 Å². The number of hydrogen-bond acceptors (Lipinski definition) is 8. The van der Waals surface area contributed by atoms with E-state index in [4.69, 9.17) is 0 Å². The fourth-order valence-electron chi connectivity index (χ4n) is 6.02. The number of carbonyl (C=O) groups excluding carboxylic acids is 2. The van der Waals surface area contributed by atoms with Crippen LogP contribution in [0, 0.1) is 68.0 Å². The molecule has 0 aromatic carbocycles. The molecule has 2 fully saturated rings. The fraction of sp³-hybridized carbons (Fsp3) is 0.583. The largest absolute Gasteiger partial charge is 0.319 e. The van der Waals surface area contributed by atoms with E-state index in [0.717, 1.165) is 25.7 Å². The molecule has 2 aliphatic carbocycles. The molecular weight excluding hydrogens is 468 g/mol. The summed E-state index contributed by atoms with van der Waals surface area (Å²) in [5.41, 5.74) is -0.404. The van der Waals surface area contributed by atoms with E-state index in [2.05, 4.69) is 34.9 Å². The summed E-state index contributed by atoms with van der Waals surface area (Å²) < 4.78 is 0. The highest BCUT2D eigenvalue weighted by atomic mass is 32.2. The molecule has 0 unspecified atom stereocenters. The van der Waals surface area contributed by atoms with Crippen LogP contribution < -0.4 is 10.6 Å². The quantitative estimate of drug-likeness (QED) is 0.552. The zero-order valence-corrected chi connectivity index (χ0v) is 20.3. The van der Waals surface area contributed by atoms with Gasteiger partial charge in [-0.3, -0.25) is 9.59 Å². The number of nitrogens with one attached hydrogen (secondary N) is 2. The van der Waals surface area contributed by atoms with Crippen molar-refractivity contribution in [3.05, 3.63) is 21.2 Å². The van der Waals surface area contributed by atoms with Crippen LogP contribution in [0.2, 0.25) is 0 Å². The van der Waals surface area contributed by atoms with Crippen LogP contribution in [0.1, 0.15) is 51.4 Å². The maximum atomic E-state index is 12.6. The Morgan fingerprint density at radius 1 is 0.706 bits per heavy atom. The van der Waals surface area contributed by atoms with Crippen LogP contribution in [-0.2, 0) is 9.59 Å². The van der Waals surface area contributed by atoms with Crippen LogP contribution in [0.4, 0.5) is 0 Å². The van der Waals surface area contributed by atoms with Gasteiger partial charge in [-0.15, -0.1) is 23.5 Å². The molecule has 0 saturated heterocycles. The molecule has 2 amide bonds. The summed E-state index contributed by atoms with van der Waals surface area (Å²) >= 11 is 2.72. The molecule has 4 aliphatic rings. The van der Waals surface area contributed by atoms with Crippen molar-refractivity contribution in [2.24, 2.45) is 22.7 Å². The molecule has 8 nitrogen and oxygen atoms in total. The smallest absolute Gasteiger partial charge is 0.243 e. The number of amides is 2. The van der Waals surface area contributed by atoms with Gasteiger partial charge < -0.3 is 10.6 Å². The van der Waals surface area contributed by atoms with E-state index in [0.29, 0.717) is 58.4 Å². The number of carbonyl (C=O) groups is 2. The highest BCUT2D eigenvalue weighted by molar-refractivity contribution is 8.06. The van der Waals surface area contributed by atoms with Crippen LogP contribution >= 0.6 is 23.5 Å². The van der Waals surface area contributed by atoms with Crippen molar-refractivity contribution in [2.75, 3.05) is 11.5 Å². The third-order valence-corrected chi connectivity index (χ3v) is 9.87. The minimum atomic E-state index is -0.847. The molecule has 174 valence electrons. The van der Waals surface area contributed by atoms with Gasteiger partial charge in [0.2, 0.25) is 11.8 Å². The van der Waals surface area contributed by atoms with Gasteiger partial charge in [0.05, 0.1) is 45.5 Å². The average Bonchev–Trinajstić information content (AvgIpc) is 3.49. The molecule has 2 saturated carbocycles. The second-order valence-corrected chi connectivity index (χ2v) is 11.4. The molecule has 2 spiro atoms. The molecule has 2 aliphatic heterocycles. The van der Waals surface area contributed by atoms with E-state index in [1.165, 1.54) is 23.5 Å². The molecule has 0 aromatic heterocycles. The predicted octanol–water partition coefficient (Wildman–Crippen LogP) is 3.58. The lowest BCUT2D eigenvalue weighted by atomic mass is 9.67. The van der Waals surface area contributed by atoms with Crippen LogP contribution in [-0.4, -0.2) is 23.3 Å². The first kappa shape index (κ1) is 24.2. The summed E-state index contributed by atoms with van der Waals surface area (Å²) in [7, 11) is 0. The van der Waals surface area contributed by atoms with Crippen molar-refractivity contribution in [1.82, 2.24) is 10.6 Å². The number of allylic oxidation sites excluding steroid dienone is 2. The minimum Gasteiger partial charge on any atom is -0.319 e. The van der Waals surface area contributed by atoms with Crippen molar-refractivity contribution in [2.45, 2.75) is 51.4 Å². The molecular formula is C24H24N6O2S2. The first-order valence-corrected chi connectivity index (χ1v) is 13.4. The van der Waals surface area contributed by atoms with Gasteiger partial charge in [-0.1, -0.05) is 25.7 Å². The average molecular weight is 493 g/mol. The van der Waals surface area contributed by atoms with E-state index in [9.17, 15) is 30.6 Å². The molecule has 0 aromatic rings. The monoisotopic (exact) mass is 492 g/mol. The highest BCUT2D eigenvalue weighted by Gasteiger charge is 2.53. The zero-order valence-electron chi connectivity index (χ0n) is 18.6. The third-order valence-electron chi connectivity index (χ3n) is 7.60. The zero-order chi connectivity index (χ0) is 24.3. The maximum absolute atomic E-state index is 12.6. The second-order valence-electron chi connectivity index (χ2n) is 9.16. The maximum Gasteiger partial charge on any atom is 0.243 e.